The molecular formula is C24H28N8O. The van der Waals surface area contributed by atoms with E-state index in [1.807, 2.05) is 31.2 Å². The Morgan fingerprint density at radius 1 is 1.24 bits per heavy atom. The fourth-order valence-corrected chi connectivity index (χ4v) is 6.28. The molecule has 3 aromatic rings. The van der Waals surface area contributed by atoms with Crippen LogP contribution in [0.5, 0.6) is 5.75 Å². The number of nitrogens with zero attached hydrogens (tertiary/aromatic N) is 5. The van der Waals surface area contributed by atoms with E-state index in [-0.39, 0.29) is 0 Å². The predicted octanol–water partition coefficient (Wildman–Crippen LogP) is 3.88. The quantitative estimate of drug-likeness (QED) is 0.503. The van der Waals surface area contributed by atoms with Crippen LogP contribution >= 0.6 is 0 Å². The van der Waals surface area contributed by atoms with Gasteiger partial charge in [0.15, 0.2) is 5.82 Å². The fourth-order valence-electron chi connectivity index (χ4n) is 6.28. The molecule has 3 N–H and O–H groups in total. The molecule has 3 aliphatic rings. The van der Waals surface area contributed by atoms with Gasteiger partial charge in [-0.05, 0) is 51.2 Å². The van der Waals surface area contributed by atoms with Crippen LogP contribution in [0.3, 0.4) is 0 Å². The predicted molar refractivity (Wildman–Crippen MR) is 126 cm³/mol. The molecule has 0 aliphatic carbocycles. The number of nitrogens with one attached hydrogen (secondary N) is 3. The van der Waals surface area contributed by atoms with Gasteiger partial charge in [0, 0.05) is 53.3 Å². The molecule has 9 nitrogen and oxygen atoms in total. The molecule has 1 aromatic carbocycles. The number of aromatic nitrogens is 4. The molecule has 170 valence electrons. The van der Waals surface area contributed by atoms with Crippen molar-refractivity contribution in [2.75, 3.05) is 17.7 Å². The molecule has 3 saturated heterocycles. The van der Waals surface area contributed by atoms with Gasteiger partial charge < -0.3 is 15.4 Å². The normalized spacial score (nSPS) is 27.7. The van der Waals surface area contributed by atoms with E-state index in [1.54, 1.807) is 7.11 Å². The number of piperidine rings is 2. The fraction of sp³-hybridized carbons (Fsp3) is 0.500. The first kappa shape index (κ1) is 20.2. The Kier molecular flexibility index (Phi) is 4.66. The van der Waals surface area contributed by atoms with Gasteiger partial charge in [-0.3, -0.25) is 10.00 Å². The van der Waals surface area contributed by atoms with E-state index in [4.69, 9.17) is 20.0 Å². The van der Waals surface area contributed by atoms with Gasteiger partial charge in [0.1, 0.15) is 11.6 Å². The van der Waals surface area contributed by atoms with Crippen LogP contribution in [-0.4, -0.2) is 55.8 Å². The lowest BCUT2D eigenvalue weighted by Crippen LogP contribution is -2.81. The average Bonchev–Trinajstić information content (AvgIpc) is 3.18. The number of hydrogen-bond acceptors (Lipinski definition) is 8. The maximum atomic E-state index is 8.98. The molecule has 0 saturated carbocycles. The van der Waals surface area contributed by atoms with Crippen molar-refractivity contribution in [3.8, 4) is 11.8 Å². The van der Waals surface area contributed by atoms with E-state index >= 15 is 0 Å². The number of rotatable bonds is 7. The molecule has 3 aliphatic heterocycles. The summed E-state index contributed by atoms with van der Waals surface area (Å²) in [6, 6.07) is 11.7. The summed E-state index contributed by atoms with van der Waals surface area (Å²) < 4.78 is 5.42. The SMILES string of the molecule is COc1ccc2c(Nc3cc(C)[nH]n3)nc(NC3CC4CC5(CCC#N)CC(C3)N45)nc2c1. The summed E-state index contributed by atoms with van der Waals surface area (Å²) in [5, 5.41) is 24.1. The highest BCUT2D eigenvalue weighted by Gasteiger charge is 2.64. The topological polar surface area (TPSA) is 115 Å². The molecule has 5 heterocycles. The van der Waals surface area contributed by atoms with Crippen molar-refractivity contribution in [1.29, 1.82) is 5.26 Å². The largest absolute Gasteiger partial charge is 0.497 e. The van der Waals surface area contributed by atoms with E-state index in [9.17, 15) is 0 Å². The van der Waals surface area contributed by atoms with Gasteiger partial charge in [-0.25, -0.2) is 4.98 Å². The summed E-state index contributed by atoms with van der Waals surface area (Å²) in [7, 11) is 1.66. The molecule has 0 bridgehead atoms. The van der Waals surface area contributed by atoms with E-state index in [0.717, 1.165) is 53.2 Å². The minimum atomic E-state index is 0.324. The average molecular weight is 445 g/mol. The van der Waals surface area contributed by atoms with Crippen LogP contribution in [0.25, 0.3) is 10.9 Å². The molecule has 0 radical (unpaired) electrons. The number of aromatic amines is 1. The molecule has 3 fully saturated rings. The third-order valence-corrected chi connectivity index (χ3v) is 7.57. The third kappa shape index (κ3) is 3.37. The zero-order valence-corrected chi connectivity index (χ0v) is 18.9. The first-order chi connectivity index (χ1) is 16.1. The van der Waals surface area contributed by atoms with Gasteiger partial charge in [0.25, 0.3) is 0 Å². The van der Waals surface area contributed by atoms with Crippen molar-refractivity contribution in [3.63, 3.8) is 0 Å². The molecule has 6 rings (SSSR count). The lowest BCUT2D eigenvalue weighted by molar-refractivity contribution is -0.222. The number of fused-ring (bicyclic) bond motifs is 1. The smallest absolute Gasteiger partial charge is 0.225 e. The highest BCUT2D eigenvalue weighted by molar-refractivity contribution is 5.92. The lowest BCUT2D eigenvalue weighted by Gasteiger charge is -2.74. The van der Waals surface area contributed by atoms with E-state index in [0.29, 0.717) is 36.0 Å². The maximum Gasteiger partial charge on any atom is 0.225 e. The van der Waals surface area contributed by atoms with Crippen molar-refractivity contribution < 1.29 is 4.74 Å². The molecular weight excluding hydrogens is 416 g/mol. The molecule has 2 aromatic heterocycles. The Labute approximate surface area is 192 Å². The highest BCUT2D eigenvalue weighted by atomic mass is 16.5. The molecule has 2 unspecified atom stereocenters. The van der Waals surface area contributed by atoms with Crippen LogP contribution in [0.4, 0.5) is 17.6 Å². The molecule has 33 heavy (non-hydrogen) atoms. The van der Waals surface area contributed by atoms with Crippen molar-refractivity contribution in [3.05, 3.63) is 30.0 Å². The second-order valence-corrected chi connectivity index (χ2v) is 9.66. The van der Waals surface area contributed by atoms with Gasteiger partial charge in [0.2, 0.25) is 5.95 Å². The monoisotopic (exact) mass is 444 g/mol. The van der Waals surface area contributed by atoms with Gasteiger partial charge in [-0.15, -0.1) is 0 Å². The van der Waals surface area contributed by atoms with Crippen molar-refractivity contribution in [2.24, 2.45) is 0 Å². The van der Waals surface area contributed by atoms with Crippen LogP contribution in [-0.2, 0) is 0 Å². The first-order valence-corrected chi connectivity index (χ1v) is 11.6. The number of H-pyrrole nitrogens is 1. The van der Waals surface area contributed by atoms with Crippen LogP contribution < -0.4 is 15.4 Å². The Bertz CT molecular complexity index is 1230. The number of aryl methyl sites for hydroxylation is 1. The Hall–Kier alpha value is -3.38. The van der Waals surface area contributed by atoms with Crippen molar-refractivity contribution in [2.45, 2.75) is 69.1 Å². The Morgan fingerprint density at radius 3 is 2.76 bits per heavy atom. The second-order valence-electron chi connectivity index (χ2n) is 9.66. The van der Waals surface area contributed by atoms with Crippen molar-refractivity contribution >= 4 is 28.5 Å². The third-order valence-electron chi connectivity index (χ3n) is 7.57. The van der Waals surface area contributed by atoms with Crippen LogP contribution in [0.15, 0.2) is 24.3 Å². The van der Waals surface area contributed by atoms with E-state index < -0.39 is 0 Å². The summed E-state index contributed by atoms with van der Waals surface area (Å²) in [6.45, 7) is 1.97. The molecule has 9 heteroatoms. The number of methoxy groups -OCH3 is 1. The molecule has 2 atom stereocenters. The highest BCUT2D eigenvalue weighted by Crippen LogP contribution is 2.58. The molecule has 0 amide bonds. The van der Waals surface area contributed by atoms with Gasteiger partial charge in [-0.2, -0.15) is 15.3 Å². The standard InChI is InChI=1S/C24H28N8O/c1-14-8-21(31-30-14)28-22-19-5-4-18(33-2)11-20(19)27-23(29-22)26-15-9-16-12-24(6-3-7-25)13-17(10-15)32(16)24/h4-5,8,11,15-17H,3,6,9-10,12-13H2,1-2H3,(H3,26,27,28,29,30,31). The first-order valence-electron chi connectivity index (χ1n) is 11.6. The summed E-state index contributed by atoms with van der Waals surface area (Å²) in [5.41, 5.74) is 2.13. The van der Waals surface area contributed by atoms with Gasteiger partial charge >= 0.3 is 0 Å². The number of anilines is 3. The van der Waals surface area contributed by atoms with Crippen LogP contribution in [0.2, 0.25) is 0 Å². The van der Waals surface area contributed by atoms with Gasteiger partial charge in [0.05, 0.1) is 18.7 Å². The maximum absolute atomic E-state index is 8.98. The zero-order chi connectivity index (χ0) is 22.6. The van der Waals surface area contributed by atoms with Crippen LogP contribution in [0, 0.1) is 18.3 Å². The number of ether oxygens (including phenoxy) is 1. The Balaban J connectivity index is 1.24. The zero-order valence-electron chi connectivity index (χ0n) is 18.9. The molecule has 0 spiro atoms. The second kappa shape index (κ2) is 7.59. The van der Waals surface area contributed by atoms with Crippen molar-refractivity contribution in [1.82, 2.24) is 25.1 Å². The summed E-state index contributed by atoms with van der Waals surface area (Å²) in [6.07, 6.45) is 6.29. The minimum Gasteiger partial charge on any atom is -0.497 e. The summed E-state index contributed by atoms with van der Waals surface area (Å²) in [5.74, 6) is 2.83. The minimum absolute atomic E-state index is 0.324. The summed E-state index contributed by atoms with van der Waals surface area (Å²) in [4.78, 5) is 12.3. The Morgan fingerprint density at radius 2 is 2.06 bits per heavy atom. The number of hydrogen-bond donors (Lipinski definition) is 3. The van der Waals surface area contributed by atoms with Crippen LogP contribution in [0.1, 0.15) is 44.2 Å². The number of nitriles is 1. The van der Waals surface area contributed by atoms with Gasteiger partial charge in [-0.1, -0.05) is 0 Å². The van der Waals surface area contributed by atoms with E-state index in [1.165, 1.54) is 12.8 Å². The van der Waals surface area contributed by atoms with E-state index in [2.05, 4.69) is 31.8 Å². The lowest BCUT2D eigenvalue weighted by atomic mass is 9.57. The number of benzene rings is 1. The summed E-state index contributed by atoms with van der Waals surface area (Å²) >= 11 is 0.